The third-order valence-electron chi connectivity index (χ3n) is 4.47. The molecule has 2 rings (SSSR count). The van der Waals surface area contributed by atoms with Crippen molar-refractivity contribution in [1.82, 2.24) is 0 Å². The first kappa shape index (κ1) is 23.1. The molecule has 0 heterocycles. The molecule has 1 unspecified atom stereocenters. The molecule has 0 fully saturated rings. The summed E-state index contributed by atoms with van der Waals surface area (Å²) in [4.78, 5) is 18.3. The lowest BCUT2D eigenvalue weighted by Gasteiger charge is -2.23. The maximum Gasteiger partial charge on any atom is 0.416 e. The Hall–Kier alpha value is -2.22. The number of nitrogens with zero attached hydrogens (tertiary/aromatic N) is 1. The summed E-state index contributed by atoms with van der Waals surface area (Å²) in [5, 5.41) is 14.2. The SMILES string of the molecule is C/C=C/CON=C(C)C1=C(O)CC(CCSc2ccc(C(F)(F)F)cc2)CC1=O. The first-order chi connectivity index (χ1) is 13.7. The highest BCUT2D eigenvalue weighted by Crippen LogP contribution is 2.33. The van der Waals surface area contributed by atoms with Crippen LogP contribution in [0.25, 0.3) is 0 Å². The van der Waals surface area contributed by atoms with Gasteiger partial charge in [-0.25, -0.2) is 0 Å². The van der Waals surface area contributed by atoms with E-state index in [-0.39, 0.29) is 23.0 Å². The van der Waals surface area contributed by atoms with Crippen LogP contribution < -0.4 is 0 Å². The Balaban J connectivity index is 1.88. The predicted octanol–water partition coefficient (Wildman–Crippen LogP) is 5.95. The minimum Gasteiger partial charge on any atom is -0.511 e. The zero-order chi connectivity index (χ0) is 21.4. The molecular formula is C21H24F3NO3S. The van der Waals surface area contributed by atoms with Gasteiger partial charge in [0.15, 0.2) is 5.78 Å². The molecule has 8 heteroatoms. The zero-order valence-corrected chi connectivity index (χ0v) is 17.1. The van der Waals surface area contributed by atoms with Crippen LogP contribution in [0.5, 0.6) is 0 Å². The molecule has 0 spiro atoms. The molecule has 0 aliphatic heterocycles. The summed E-state index contributed by atoms with van der Waals surface area (Å²) in [5.74, 6) is 0.478. The van der Waals surface area contributed by atoms with Gasteiger partial charge in [-0.2, -0.15) is 13.2 Å². The molecule has 0 bridgehead atoms. The normalized spacial score (nSPS) is 18.6. The monoisotopic (exact) mass is 427 g/mol. The Kier molecular flexibility index (Phi) is 8.37. The first-order valence-corrected chi connectivity index (χ1v) is 10.2. The van der Waals surface area contributed by atoms with Crippen LogP contribution in [-0.4, -0.2) is 29.0 Å². The van der Waals surface area contributed by atoms with E-state index in [1.54, 1.807) is 13.0 Å². The summed E-state index contributed by atoms with van der Waals surface area (Å²) in [6.45, 7) is 3.77. The van der Waals surface area contributed by atoms with Gasteiger partial charge in [0.1, 0.15) is 12.4 Å². The van der Waals surface area contributed by atoms with Crippen LogP contribution in [0.15, 0.2) is 57.8 Å². The molecule has 0 radical (unpaired) electrons. The average molecular weight is 427 g/mol. The average Bonchev–Trinajstić information content (AvgIpc) is 2.64. The van der Waals surface area contributed by atoms with Crippen molar-refractivity contribution in [2.75, 3.05) is 12.4 Å². The van der Waals surface area contributed by atoms with Crippen LogP contribution in [0, 0.1) is 5.92 Å². The number of carbonyl (C=O) groups is 1. The minimum atomic E-state index is -4.34. The molecule has 0 saturated heterocycles. The number of Topliss-reactive ketones (excluding diaryl/α,β-unsaturated/α-hetero) is 1. The van der Waals surface area contributed by atoms with Gasteiger partial charge in [0.2, 0.25) is 0 Å². The second-order valence-electron chi connectivity index (χ2n) is 6.72. The van der Waals surface area contributed by atoms with Crippen LogP contribution in [0.4, 0.5) is 13.2 Å². The molecule has 1 N–H and O–H groups in total. The number of rotatable bonds is 8. The lowest BCUT2D eigenvalue weighted by atomic mass is 9.84. The van der Waals surface area contributed by atoms with Gasteiger partial charge in [0.25, 0.3) is 0 Å². The molecule has 158 valence electrons. The maximum absolute atomic E-state index is 12.6. The second kappa shape index (κ2) is 10.5. The van der Waals surface area contributed by atoms with Gasteiger partial charge in [-0.05, 0) is 62.3 Å². The highest BCUT2D eigenvalue weighted by molar-refractivity contribution is 7.99. The van der Waals surface area contributed by atoms with E-state index < -0.39 is 11.7 Å². The Morgan fingerprint density at radius 3 is 2.59 bits per heavy atom. The summed E-state index contributed by atoms with van der Waals surface area (Å²) in [6, 6.07) is 5.02. The van der Waals surface area contributed by atoms with E-state index in [0.29, 0.717) is 37.3 Å². The lowest BCUT2D eigenvalue weighted by molar-refractivity contribution is -0.137. The van der Waals surface area contributed by atoms with Gasteiger partial charge in [0, 0.05) is 17.7 Å². The fourth-order valence-corrected chi connectivity index (χ4v) is 4.01. The number of ketones is 1. The number of carbonyl (C=O) groups excluding carboxylic acids is 1. The molecule has 0 saturated carbocycles. The van der Waals surface area contributed by atoms with Crippen LogP contribution in [0.2, 0.25) is 0 Å². The van der Waals surface area contributed by atoms with E-state index in [1.165, 1.54) is 23.9 Å². The first-order valence-electron chi connectivity index (χ1n) is 9.25. The van der Waals surface area contributed by atoms with Crippen molar-refractivity contribution in [3.8, 4) is 0 Å². The molecule has 1 aromatic carbocycles. The molecule has 29 heavy (non-hydrogen) atoms. The molecule has 1 aliphatic rings. The molecule has 1 aromatic rings. The van der Waals surface area contributed by atoms with E-state index in [4.69, 9.17) is 4.84 Å². The summed E-state index contributed by atoms with van der Waals surface area (Å²) in [6.07, 6.45) is 0.596. The summed E-state index contributed by atoms with van der Waals surface area (Å²) in [7, 11) is 0. The van der Waals surface area contributed by atoms with Gasteiger partial charge in [-0.3, -0.25) is 4.79 Å². The predicted molar refractivity (Wildman–Crippen MR) is 108 cm³/mol. The number of allylic oxidation sites excluding steroid dienone is 3. The number of halogens is 3. The van der Waals surface area contributed by atoms with E-state index in [1.807, 2.05) is 13.0 Å². The van der Waals surface area contributed by atoms with Crippen molar-refractivity contribution in [1.29, 1.82) is 0 Å². The number of alkyl halides is 3. The molecule has 4 nitrogen and oxygen atoms in total. The Morgan fingerprint density at radius 1 is 1.31 bits per heavy atom. The highest BCUT2D eigenvalue weighted by Gasteiger charge is 2.30. The third-order valence-corrected chi connectivity index (χ3v) is 5.52. The van der Waals surface area contributed by atoms with Gasteiger partial charge in [0.05, 0.1) is 16.8 Å². The topological polar surface area (TPSA) is 58.9 Å². The quantitative estimate of drug-likeness (QED) is 0.183. The van der Waals surface area contributed by atoms with Crippen molar-refractivity contribution < 1.29 is 27.9 Å². The summed E-state index contributed by atoms with van der Waals surface area (Å²) < 4.78 is 37.8. The van der Waals surface area contributed by atoms with Crippen LogP contribution in [0.1, 0.15) is 38.7 Å². The zero-order valence-electron chi connectivity index (χ0n) is 16.3. The number of benzene rings is 1. The number of hydrogen-bond acceptors (Lipinski definition) is 5. The number of aliphatic hydroxyl groups excluding tert-OH is 1. The van der Waals surface area contributed by atoms with Crippen molar-refractivity contribution in [3.63, 3.8) is 0 Å². The van der Waals surface area contributed by atoms with E-state index in [2.05, 4.69) is 5.16 Å². The fourth-order valence-electron chi connectivity index (χ4n) is 2.99. The van der Waals surface area contributed by atoms with Gasteiger partial charge < -0.3 is 9.94 Å². The number of hydrogen-bond donors (Lipinski definition) is 1. The molecule has 1 atom stereocenters. The van der Waals surface area contributed by atoms with Crippen LogP contribution in [-0.2, 0) is 15.8 Å². The fraction of sp³-hybridized carbons (Fsp3) is 0.429. The molecule has 0 aromatic heterocycles. The minimum absolute atomic E-state index is 0.00931. The van der Waals surface area contributed by atoms with Crippen molar-refractivity contribution >= 4 is 23.3 Å². The van der Waals surface area contributed by atoms with Crippen molar-refractivity contribution in [2.24, 2.45) is 11.1 Å². The number of aliphatic hydroxyl groups is 1. The summed E-state index contributed by atoms with van der Waals surface area (Å²) in [5.41, 5.74) is -0.0965. The Labute approximate surface area is 172 Å². The lowest BCUT2D eigenvalue weighted by Crippen LogP contribution is -2.24. The van der Waals surface area contributed by atoms with E-state index >= 15 is 0 Å². The number of oxime groups is 1. The standard InChI is InChI=1S/C21H24F3NO3S/c1-3-4-10-28-25-14(2)20-18(26)12-15(13-19(20)27)9-11-29-17-7-5-16(6-8-17)21(22,23)24/h3-8,15,26H,9-13H2,1-2H3/b4-3+,25-14?. The Bertz CT molecular complexity index is 798. The molecule has 1 aliphatic carbocycles. The van der Waals surface area contributed by atoms with E-state index in [0.717, 1.165) is 17.0 Å². The van der Waals surface area contributed by atoms with Crippen LogP contribution >= 0.6 is 11.8 Å². The second-order valence-corrected chi connectivity index (χ2v) is 7.89. The van der Waals surface area contributed by atoms with Gasteiger partial charge in [-0.1, -0.05) is 11.2 Å². The highest BCUT2D eigenvalue weighted by atomic mass is 32.2. The van der Waals surface area contributed by atoms with Crippen molar-refractivity contribution in [3.05, 3.63) is 53.3 Å². The van der Waals surface area contributed by atoms with Gasteiger partial charge >= 0.3 is 6.18 Å². The van der Waals surface area contributed by atoms with Crippen LogP contribution in [0.3, 0.4) is 0 Å². The van der Waals surface area contributed by atoms with Crippen molar-refractivity contribution in [2.45, 2.75) is 44.2 Å². The molecule has 0 amide bonds. The third kappa shape index (κ3) is 6.96. The van der Waals surface area contributed by atoms with Gasteiger partial charge in [-0.15, -0.1) is 11.8 Å². The maximum atomic E-state index is 12.6. The smallest absolute Gasteiger partial charge is 0.416 e. The largest absolute Gasteiger partial charge is 0.511 e. The molecular weight excluding hydrogens is 403 g/mol. The van der Waals surface area contributed by atoms with E-state index in [9.17, 15) is 23.1 Å². The summed E-state index contributed by atoms with van der Waals surface area (Å²) >= 11 is 1.43. The number of thioether (sulfide) groups is 1. The Morgan fingerprint density at radius 2 is 2.00 bits per heavy atom.